The van der Waals surface area contributed by atoms with Gasteiger partial charge >= 0.3 is 0 Å². The van der Waals surface area contributed by atoms with Gasteiger partial charge in [0.25, 0.3) is 0 Å². The normalized spacial score (nSPS) is 37.0. The number of carbonyl (C=O) groups excluding carboxylic acids is 1. The highest BCUT2D eigenvalue weighted by Crippen LogP contribution is 2.75. The first kappa shape index (κ1) is 16.3. The monoisotopic (exact) mass is 349 g/mol. The molecule has 1 saturated carbocycles. The fraction of sp³-hybridized carbons (Fsp3) is 0.600. The first-order valence-corrected chi connectivity index (χ1v) is 7.80. The largest absolute Gasteiger partial charge is 0.383 e. The highest BCUT2D eigenvalue weighted by molar-refractivity contribution is 5.82. The number of fused-ring (bicyclic) bond motifs is 2. The molecule has 0 amide bonds. The summed E-state index contributed by atoms with van der Waals surface area (Å²) in [6.45, 7) is 4.48. The summed E-state index contributed by atoms with van der Waals surface area (Å²) in [6, 6.07) is 0. The van der Waals surface area contributed by atoms with E-state index >= 15 is 0 Å². The number of aliphatic hydroxyl groups is 3. The molecular weight excluding hydrogens is 330 g/mol. The van der Waals surface area contributed by atoms with Crippen molar-refractivity contribution in [3.8, 4) is 0 Å². The quantitative estimate of drug-likeness (QED) is 0.532. The fourth-order valence-electron chi connectivity index (χ4n) is 4.13. The van der Waals surface area contributed by atoms with Crippen LogP contribution in [0.4, 0.5) is 5.82 Å². The van der Waals surface area contributed by atoms with Gasteiger partial charge in [0, 0.05) is 5.41 Å². The summed E-state index contributed by atoms with van der Waals surface area (Å²) < 4.78 is 7.16. The van der Waals surface area contributed by atoms with Crippen molar-refractivity contribution in [2.75, 3.05) is 5.73 Å². The molecule has 1 aliphatic heterocycles. The molecule has 0 unspecified atom stereocenters. The Morgan fingerprint density at radius 1 is 1.32 bits per heavy atom. The predicted octanol–water partition coefficient (Wildman–Crippen LogP) is -1.24. The number of rotatable bonds is 3. The fourth-order valence-corrected chi connectivity index (χ4v) is 4.13. The molecule has 0 spiro atoms. The third-order valence-electron chi connectivity index (χ3n) is 5.81. The number of carbonyl (C=O) groups is 1. The minimum atomic E-state index is -1.80. The lowest BCUT2D eigenvalue weighted by Crippen LogP contribution is -2.45. The predicted molar refractivity (Wildman–Crippen MR) is 84.0 cm³/mol. The van der Waals surface area contributed by atoms with Crippen LogP contribution in [0.25, 0.3) is 11.2 Å². The van der Waals surface area contributed by atoms with E-state index in [4.69, 9.17) is 10.5 Å². The van der Waals surface area contributed by atoms with Crippen molar-refractivity contribution in [1.29, 1.82) is 0 Å². The molecule has 1 saturated heterocycles. The standard InChI is InChI=1S/C15H19N5O5/c1-6(21)8(22)9-14(23)13(2,3)15(14,24)12(25-9)20-5-19-7-10(16)17-4-18-11(7)20/h4-5,8-9,12,22-24H,1-3H3,(H2,16,17,18)/t8-,9-,12-,14+,15-/m1/s1. The summed E-state index contributed by atoms with van der Waals surface area (Å²) in [5.41, 5.74) is 1.85. The van der Waals surface area contributed by atoms with Gasteiger partial charge in [-0.3, -0.25) is 9.36 Å². The SMILES string of the molecule is CC(=O)[C@@H](O)[C@H]1O[C@@H](n2cnc3c(N)ncnc32)[C@@]2(O)C(C)(C)[C@@]12O. The molecule has 25 heavy (non-hydrogen) atoms. The second-order valence-corrected chi connectivity index (χ2v) is 7.21. The molecule has 5 atom stereocenters. The van der Waals surface area contributed by atoms with E-state index in [9.17, 15) is 20.1 Å². The van der Waals surface area contributed by atoms with Gasteiger partial charge in [0.2, 0.25) is 0 Å². The average molecular weight is 349 g/mol. The van der Waals surface area contributed by atoms with Crippen LogP contribution in [-0.2, 0) is 9.53 Å². The van der Waals surface area contributed by atoms with Crippen LogP contribution in [0.3, 0.4) is 0 Å². The van der Waals surface area contributed by atoms with E-state index in [1.807, 2.05) is 0 Å². The van der Waals surface area contributed by atoms with Crippen molar-refractivity contribution in [2.45, 2.75) is 50.4 Å². The molecule has 0 radical (unpaired) electrons. The molecule has 134 valence electrons. The van der Waals surface area contributed by atoms with Crippen molar-refractivity contribution >= 4 is 22.8 Å². The van der Waals surface area contributed by atoms with Crippen LogP contribution in [0, 0.1) is 5.41 Å². The summed E-state index contributed by atoms with van der Waals surface area (Å²) in [5, 5.41) is 32.4. The Kier molecular flexibility index (Phi) is 2.96. The number of aliphatic hydroxyl groups excluding tert-OH is 1. The maximum Gasteiger partial charge on any atom is 0.169 e. The van der Waals surface area contributed by atoms with Gasteiger partial charge < -0.3 is 25.8 Å². The van der Waals surface area contributed by atoms with Crippen LogP contribution in [0.2, 0.25) is 0 Å². The molecule has 10 heteroatoms. The van der Waals surface area contributed by atoms with Crippen LogP contribution in [0.15, 0.2) is 12.7 Å². The van der Waals surface area contributed by atoms with Gasteiger partial charge in [-0.1, -0.05) is 13.8 Å². The minimum Gasteiger partial charge on any atom is -0.383 e. The zero-order valence-corrected chi connectivity index (χ0v) is 13.9. The zero-order valence-electron chi connectivity index (χ0n) is 13.9. The lowest BCUT2D eigenvalue weighted by Gasteiger charge is -2.29. The Bertz CT molecular complexity index is 898. The molecule has 2 aliphatic rings. The molecular formula is C15H19N5O5. The number of aromatic nitrogens is 4. The van der Waals surface area contributed by atoms with Crippen molar-refractivity contribution in [3.05, 3.63) is 12.7 Å². The molecule has 2 aromatic heterocycles. The number of nitrogens with zero attached hydrogens (tertiary/aromatic N) is 4. The third-order valence-corrected chi connectivity index (χ3v) is 5.81. The van der Waals surface area contributed by atoms with E-state index in [-0.39, 0.29) is 5.82 Å². The maximum atomic E-state index is 11.6. The Labute approximate surface area is 142 Å². The van der Waals surface area contributed by atoms with Crippen LogP contribution in [0.1, 0.15) is 27.0 Å². The smallest absolute Gasteiger partial charge is 0.169 e. The molecule has 3 heterocycles. The van der Waals surface area contributed by atoms with Crippen molar-refractivity contribution in [2.24, 2.45) is 5.41 Å². The molecule has 0 bridgehead atoms. The molecule has 2 aromatic rings. The molecule has 0 aromatic carbocycles. The van der Waals surface area contributed by atoms with Gasteiger partial charge in [0.05, 0.1) is 6.33 Å². The van der Waals surface area contributed by atoms with Crippen LogP contribution in [-0.4, -0.2) is 64.0 Å². The molecule has 10 nitrogen and oxygen atoms in total. The molecule has 1 aliphatic carbocycles. The molecule has 2 fully saturated rings. The number of ketones is 1. The molecule has 5 N–H and O–H groups in total. The maximum absolute atomic E-state index is 11.6. The second-order valence-electron chi connectivity index (χ2n) is 7.21. The Balaban J connectivity index is 1.86. The van der Waals surface area contributed by atoms with Gasteiger partial charge in [0.1, 0.15) is 35.3 Å². The second kappa shape index (κ2) is 4.52. The van der Waals surface area contributed by atoms with E-state index < -0.39 is 40.8 Å². The number of nitrogens with two attached hydrogens (primary N) is 1. The van der Waals surface area contributed by atoms with E-state index in [0.717, 1.165) is 0 Å². The number of anilines is 1. The van der Waals surface area contributed by atoms with Crippen LogP contribution in [0.5, 0.6) is 0 Å². The van der Waals surface area contributed by atoms with Gasteiger partial charge in [0.15, 0.2) is 23.5 Å². The first-order chi connectivity index (χ1) is 11.6. The summed E-state index contributed by atoms with van der Waals surface area (Å²) in [4.78, 5) is 23.7. The van der Waals surface area contributed by atoms with Gasteiger partial charge in [-0.05, 0) is 6.92 Å². The van der Waals surface area contributed by atoms with Crippen LogP contribution < -0.4 is 5.73 Å². The number of nitrogen functional groups attached to an aromatic ring is 1. The summed E-state index contributed by atoms with van der Waals surface area (Å²) in [6.07, 6.45) is -1.34. The van der Waals surface area contributed by atoms with Gasteiger partial charge in [-0.25, -0.2) is 15.0 Å². The molecule has 4 rings (SSSR count). The lowest BCUT2D eigenvalue weighted by atomic mass is 9.96. The number of hydrogen-bond acceptors (Lipinski definition) is 9. The zero-order chi connectivity index (χ0) is 18.4. The number of Topliss-reactive ketones (excluding diaryl/α,β-unsaturated/α-hetero) is 1. The van der Waals surface area contributed by atoms with Crippen molar-refractivity contribution in [3.63, 3.8) is 0 Å². The summed E-state index contributed by atoms with van der Waals surface area (Å²) >= 11 is 0. The highest BCUT2D eigenvalue weighted by atomic mass is 16.6. The Morgan fingerprint density at radius 2 is 2.00 bits per heavy atom. The van der Waals surface area contributed by atoms with E-state index in [0.29, 0.717) is 11.2 Å². The summed E-state index contributed by atoms with van der Waals surface area (Å²) in [5.74, 6) is -0.398. The number of hydrogen-bond donors (Lipinski definition) is 4. The minimum absolute atomic E-state index is 0.166. The average Bonchev–Trinajstić information content (AvgIpc) is 2.93. The van der Waals surface area contributed by atoms with Gasteiger partial charge in [-0.2, -0.15) is 0 Å². The number of ether oxygens (including phenoxy) is 1. The lowest BCUT2D eigenvalue weighted by molar-refractivity contribution is -0.159. The van der Waals surface area contributed by atoms with Crippen molar-refractivity contribution < 1.29 is 24.9 Å². The van der Waals surface area contributed by atoms with Crippen LogP contribution >= 0.6 is 0 Å². The highest BCUT2D eigenvalue weighted by Gasteiger charge is 2.93. The third kappa shape index (κ3) is 1.58. The Morgan fingerprint density at radius 3 is 2.64 bits per heavy atom. The van der Waals surface area contributed by atoms with Crippen molar-refractivity contribution in [1.82, 2.24) is 19.5 Å². The Hall–Kier alpha value is -2.14. The van der Waals surface area contributed by atoms with Gasteiger partial charge in [-0.15, -0.1) is 0 Å². The van der Waals surface area contributed by atoms with E-state index in [2.05, 4.69) is 15.0 Å². The number of imidazole rings is 1. The summed E-state index contributed by atoms with van der Waals surface area (Å²) in [7, 11) is 0. The topological polar surface area (TPSA) is 157 Å². The van der Waals surface area contributed by atoms with E-state index in [1.54, 1.807) is 13.8 Å². The first-order valence-electron chi connectivity index (χ1n) is 7.80. The van der Waals surface area contributed by atoms with E-state index in [1.165, 1.54) is 24.1 Å².